The number of thioether (sulfide) groups is 1. The third-order valence-electron chi connectivity index (χ3n) is 6.69. The zero-order valence-corrected chi connectivity index (χ0v) is 22.8. The Morgan fingerprint density at radius 1 is 0.821 bits per heavy atom. The van der Waals surface area contributed by atoms with Crippen molar-refractivity contribution in [3.63, 3.8) is 0 Å². The van der Waals surface area contributed by atoms with Gasteiger partial charge in [0.1, 0.15) is 17.0 Å². The predicted octanol–water partition coefficient (Wildman–Crippen LogP) is 7.31. The lowest BCUT2D eigenvalue weighted by molar-refractivity contribution is 0.0924. The van der Waals surface area contributed by atoms with Crippen molar-refractivity contribution in [2.45, 2.75) is 25.8 Å². The SMILES string of the molecule is Cc1ccc(-n2c(-c3ccccc3)c(-c3ccccc3)c3c(SCC(=O)n4nc(C)cc4C)ncnc32)cc1. The fourth-order valence-electron chi connectivity index (χ4n) is 4.97. The Hall–Kier alpha value is -4.49. The first-order chi connectivity index (χ1) is 19.0. The van der Waals surface area contributed by atoms with Crippen molar-refractivity contribution in [2.75, 3.05) is 5.75 Å². The highest BCUT2D eigenvalue weighted by Gasteiger charge is 2.25. The van der Waals surface area contributed by atoms with Crippen LogP contribution in [0.1, 0.15) is 21.7 Å². The number of benzene rings is 3. The van der Waals surface area contributed by atoms with Gasteiger partial charge in [0.25, 0.3) is 5.91 Å². The van der Waals surface area contributed by atoms with Gasteiger partial charge in [-0.3, -0.25) is 9.36 Å². The highest BCUT2D eigenvalue weighted by Crippen LogP contribution is 2.44. The molecule has 0 aliphatic carbocycles. The van der Waals surface area contributed by atoms with E-state index >= 15 is 0 Å². The highest BCUT2D eigenvalue weighted by molar-refractivity contribution is 8.00. The standard InChI is InChI=1S/C32H27N5OS/c1-21-14-16-26(17-15-21)36-30(25-12-8-5-9-13-25)28(24-10-6-4-7-11-24)29-31(36)33-20-34-32(29)39-19-27(38)37-23(3)18-22(2)35-37/h4-18,20H,19H2,1-3H3. The molecule has 6 aromatic rings. The van der Waals surface area contributed by atoms with Crippen LogP contribution in [0.5, 0.6) is 0 Å². The Morgan fingerprint density at radius 2 is 1.49 bits per heavy atom. The molecule has 0 bridgehead atoms. The Labute approximate surface area is 231 Å². The van der Waals surface area contributed by atoms with Gasteiger partial charge in [-0.25, -0.2) is 14.6 Å². The molecule has 3 aromatic carbocycles. The van der Waals surface area contributed by atoms with Gasteiger partial charge in [-0.05, 0) is 50.1 Å². The number of carbonyl (C=O) groups excluding carboxylic acids is 1. The van der Waals surface area contributed by atoms with E-state index in [1.165, 1.54) is 22.0 Å². The van der Waals surface area contributed by atoms with Crippen LogP contribution in [0.4, 0.5) is 0 Å². The summed E-state index contributed by atoms with van der Waals surface area (Å²) in [5.41, 5.74) is 8.86. The van der Waals surface area contributed by atoms with Gasteiger partial charge in [-0.15, -0.1) is 0 Å². The molecule has 0 spiro atoms. The Morgan fingerprint density at radius 3 is 2.13 bits per heavy atom. The molecule has 3 aromatic heterocycles. The van der Waals surface area contributed by atoms with E-state index in [0.29, 0.717) is 0 Å². The fraction of sp³-hybridized carbons (Fsp3) is 0.125. The molecule has 7 heteroatoms. The lowest BCUT2D eigenvalue weighted by Gasteiger charge is -2.13. The summed E-state index contributed by atoms with van der Waals surface area (Å²) in [4.78, 5) is 22.6. The molecule has 0 radical (unpaired) electrons. The maximum Gasteiger partial charge on any atom is 0.257 e. The summed E-state index contributed by atoms with van der Waals surface area (Å²) < 4.78 is 3.69. The van der Waals surface area contributed by atoms with E-state index in [0.717, 1.165) is 55.5 Å². The minimum atomic E-state index is -0.0835. The fourth-order valence-corrected chi connectivity index (χ4v) is 5.81. The normalized spacial score (nSPS) is 11.3. The van der Waals surface area contributed by atoms with Crippen molar-refractivity contribution >= 4 is 28.7 Å². The summed E-state index contributed by atoms with van der Waals surface area (Å²) in [5.74, 6) is 0.124. The number of rotatable bonds is 6. The van der Waals surface area contributed by atoms with E-state index in [1.54, 1.807) is 6.33 Å². The molecule has 0 fully saturated rings. The number of fused-ring (bicyclic) bond motifs is 1. The molecule has 0 aliphatic rings. The van der Waals surface area contributed by atoms with Crippen LogP contribution < -0.4 is 0 Å². The van der Waals surface area contributed by atoms with E-state index < -0.39 is 0 Å². The van der Waals surface area contributed by atoms with E-state index in [4.69, 9.17) is 9.97 Å². The molecule has 6 nitrogen and oxygen atoms in total. The third kappa shape index (κ3) is 4.66. The largest absolute Gasteiger partial charge is 0.293 e. The van der Waals surface area contributed by atoms with Crippen molar-refractivity contribution in [3.8, 4) is 28.1 Å². The molecule has 0 aliphatic heterocycles. The predicted molar refractivity (Wildman–Crippen MR) is 158 cm³/mol. The van der Waals surface area contributed by atoms with E-state index in [9.17, 15) is 4.79 Å². The average Bonchev–Trinajstić information content (AvgIpc) is 3.50. The van der Waals surface area contributed by atoms with Crippen LogP contribution in [-0.4, -0.2) is 36.0 Å². The molecule has 192 valence electrons. The number of aryl methyl sites for hydroxylation is 3. The topological polar surface area (TPSA) is 65.6 Å². The van der Waals surface area contributed by atoms with Gasteiger partial charge in [0.2, 0.25) is 0 Å². The monoisotopic (exact) mass is 529 g/mol. The van der Waals surface area contributed by atoms with Gasteiger partial charge in [-0.2, -0.15) is 5.10 Å². The Bertz CT molecular complexity index is 1790. The van der Waals surface area contributed by atoms with Gasteiger partial charge < -0.3 is 0 Å². The second-order valence-corrected chi connectivity index (χ2v) is 10.5. The summed E-state index contributed by atoms with van der Waals surface area (Å²) in [6.07, 6.45) is 1.59. The summed E-state index contributed by atoms with van der Waals surface area (Å²) >= 11 is 1.42. The molecule has 0 N–H and O–H groups in total. The van der Waals surface area contributed by atoms with Gasteiger partial charge >= 0.3 is 0 Å². The smallest absolute Gasteiger partial charge is 0.257 e. The number of carbonyl (C=O) groups is 1. The molecule has 0 amide bonds. The summed E-state index contributed by atoms with van der Waals surface area (Å²) in [5, 5.41) is 6.06. The molecule has 0 saturated heterocycles. The van der Waals surface area contributed by atoms with Gasteiger partial charge in [-0.1, -0.05) is 90.1 Å². The van der Waals surface area contributed by atoms with Crippen molar-refractivity contribution in [1.29, 1.82) is 0 Å². The van der Waals surface area contributed by atoms with Crippen molar-refractivity contribution < 1.29 is 4.79 Å². The molecule has 0 unspecified atom stereocenters. The second kappa shape index (κ2) is 10.3. The summed E-state index contributed by atoms with van der Waals surface area (Å²) in [6, 6.07) is 31.1. The Kier molecular flexibility index (Phi) is 6.59. The second-order valence-electron chi connectivity index (χ2n) is 9.53. The average molecular weight is 530 g/mol. The van der Waals surface area contributed by atoms with Crippen LogP contribution >= 0.6 is 11.8 Å². The van der Waals surface area contributed by atoms with Crippen LogP contribution in [0.3, 0.4) is 0 Å². The first kappa shape index (κ1) is 24.8. The molecular weight excluding hydrogens is 502 g/mol. The zero-order valence-electron chi connectivity index (χ0n) is 22.0. The quantitative estimate of drug-likeness (QED) is 0.167. The number of aromatic nitrogens is 5. The van der Waals surface area contributed by atoms with Crippen LogP contribution in [0.15, 0.2) is 102 Å². The van der Waals surface area contributed by atoms with E-state index in [2.05, 4.69) is 77.3 Å². The molecule has 3 heterocycles. The van der Waals surface area contributed by atoms with Crippen LogP contribution in [0, 0.1) is 20.8 Å². The molecule has 0 atom stereocenters. The van der Waals surface area contributed by atoms with Crippen molar-refractivity contribution in [1.82, 2.24) is 24.3 Å². The van der Waals surface area contributed by atoms with Crippen LogP contribution in [-0.2, 0) is 0 Å². The minimum Gasteiger partial charge on any atom is -0.293 e. The molecule has 39 heavy (non-hydrogen) atoms. The summed E-state index contributed by atoms with van der Waals surface area (Å²) in [6.45, 7) is 5.87. The van der Waals surface area contributed by atoms with E-state index in [-0.39, 0.29) is 11.7 Å². The van der Waals surface area contributed by atoms with E-state index in [1.807, 2.05) is 44.2 Å². The van der Waals surface area contributed by atoms with Gasteiger partial charge in [0.15, 0.2) is 0 Å². The number of hydrogen-bond acceptors (Lipinski definition) is 5. The van der Waals surface area contributed by atoms with Crippen molar-refractivity contribution in [2.24, 2.45) is 0 Å². The minimum absolute atomic E-state index is 0.0835. The van der Waals surface area contributed by atoms with Crippen LogP contribution in [0.25, 0.3) is 39.1 Å². The first-order valence-corrected chi connectivity index (χ1v) is 13.8. The van der Waals surface area contributed by atoms with Gasteiger partial charge in [0.05, 0.1) is 22.5 Å². The number of nitrogens with zero attached hydrogens (tertiary/aromatic N) is 5. The Balaban J connectivity index is 1.60. The van der Waals surface area contributed by atoms with Crippen molar-refractivity contribution in [3.05, 3.63) is 114 Å². The zero-order chi connectivity index (χ0) is 26.9. The number of hydrogen-bond donors (Lipinski definition) is 0. The molecule has 6 rings (SSSR count). The maximum atomic E-state index is 13.1. The lowest BCUT2D eigenvalue weighted by atomic mass is 9.99. The lowest BCUT2D eigenvalue weighted by Crippen LogP contribution is -2.16. The highest BCUT2D eigenvalue weighted by atomic mass is 32.2. The summed E-state index contributed by atoms with van der Waals surface area (Å²) in [7, 11) is 0. The van der Waals surface area contributed by atoms with Gasteiger partial charge in [0, 0.05) is 16.9 Å². The molecular formula is C32H27N5OS. The van der Waals surface area contributed by atoms with Crippen LogP contribution in [0.2, 0.25) is 0 Å². The maximum absolute atomic E-state index is 13.1. The molecule has 0 saturated carbocycles. The first-order valence-electron chi connectivity index (χ1n) is 12.8. The third-order valence-corrected chi connectivity index (χ3v) is 7.67.